The lowest BCUT2D eigenvalue weighted by molar-refractivity contribution is 0.443. The first-order chi connectivity index (χ1) is 10.8. The van der Waals surface area contributed by atoms with Gasteiger partial charge < -0.3 is 5.73 Å². The maximum absolute atomic E-state index is 5.84. The van der Waals surface area contributed by atoms with E-state index in [-0.39, 0.29) is 0 Å². The Morgan fingerprint density at radius 3 is 2.50 bits per heavy atom. The maximum Gasteiger partial charge on any atom is 0.170 e. The fourth-order valence-corrected chi connectivity index (χ4v) is 3.38. The molecule has 0 spiro atoms. The normalized spacial score (nSPS) is 16.2. The standard InChI is InChI=1S/C17H19N5/c18-16-15-17(20-10-19-16)22(11-21-15)14-8-6-13(7-9-14)12-4-2-1-3-5-12/h6-12H,1-5H2,(H2,18,19,20). The summed E-state index contributed by atoms with van der Waals surface area (Å²) in [7, 11) is 0. The van der Waals surface area contributed by atoms with Crippen LogP contribution in [0, 0.1) is 0 Å². The number of rotatable bonds is 2. The predicted molar refractivity (Wildman–Crippen MR) is 86.9 cm³/mol. The molecule has 3 aromatic rings. The van der Waals surface area contributed by atoms with Gasteiger partial charge in [-0.1, -0.05) is 31.4 Å². The first-order valence-electron chi connectivity index (χ1n) is 7.87. The number of nitrogen functional groups attached to an aromatic ring is 1. The van der Waals surface area contributed by atoms with Crippen LogP contribution in [0.5, 0.6) is 0 Å². The van der Waals surface area contributed by atoms with Crippen molar-refractivity contribution in [2.75, 3.05) is 5.73 Å². The van der Waals surface area contributed by atoms with Gasteiger partial charge in [-0.3, -0.25) is 4.57 Å². The summed E-state index contributed by atoms with van der Waals surface area (Å²) < 4.78 is 1.96. The second-order valence-electron chi connectivity index (χ2n) is 5.97. The lowest BCUT2D eigenvalue weighted by atomic mass is 9.84. The predicted octanol–water partition coefficient (Wildman–Crippen LogP) is 3.45. The summed E-state index contributed by atoms with van der Waals surface area (Å²) >= 11 is 0. The zero-order valence-electron chi connectivity index (χ0n) is 12.4. The molecule has 1 aliphatic carbocycles. The van der Waals surface area contributed by atoms with E-state index in [1.54, 1.807) is 6.33 Å². The van der Waals surface area contributed by atoms with Crippen LogP contribution in [0.15, 0.2) is 36.9 Å². The number of hydrogen-bond acceptors (Lipinski definition) is 4. The van der Waals surface area contributed by atoms with Gasteiger partial charge in [0.25, 0.3) is 0 Å². The van der Waals surface area contributed by atoms with Crippen molar-refractivity contribution in [2.45, 2.75) is 38.0 Å². The highest BCUT2D eigenvalue weighted by atomic mass is 15.1. The Labute approximate surface area is 129 Å². The van der Waals surface area contributed by atoms with Crippen molar-refractivity contribution in [2.24, 2.45) is 0 Å². The number of fused-ring (bicyclic) bond motifs is 1. The molecule has 1 aromatic carbocycles. The van der Waals surface area contributed by atoms with Gasteiger partial charge in [0.2, 0.25) is 0 Å². The third-order valence-corrected chi connectivity index (χ3v) is 4.61. The molecule has 5 nitrogen and oxygen atoms in total. The van der Waals surface area contributed by atoms with Crippen LogP contribution < -0.4 is 5.73 Å². The van der Waals surface area contributed by atoms with Crippen LogP contribution in [0.1, 0.15) is 43.6 Å². The summed E-state index contributed by atoms with van der Waals surface area (Å²) in [6.45, 7) is 0. The molecule has 2 aromatic heterocycles. The summed E-state index contributed by atoms with van der Waals surface area (Å²) in [4.78, 5) is 12.6. The van der Waals surface area contributed by atoms with E-state index in [0.29, 0.717) is 11.3 Å². The molecule has 1 saturated carbocycles. The van der Waals surface area contributed by atoms with E-state index in [4.69, 9.17) is 5.73 Å². The van der Waals surface area contributed by atoms with Crippen molar-refractivity contribution in [1.82, 2.24) is 19.5 Å². The summed E-state index contributed by atoms with van der Waals surface area (Å²) in [6, 6.07) is 8.76. The van der Waals surface area contributed by atoms with Crippen molar-refractivity contribution < 1.29 is 0 Å². The van der Waals surface area contributed by atoms with Gasteiger partial charge >= 0.3 is 0 Å². The second kappa shape index (κ2) is 5.40. The van der Waals surface area contributed by atoms with E-state index in [9.17, 15) is 0 Å². The molecule has 0 unspecified atom stereocenters. The monoisotopic (exact) mass is 293 g/mol. The number of anilines is 1. The molecular weight excluding hydrogens is 274 g/mol. The topological polar surface area (TPSA) is 69.6 Å². The van der Waals surface area contributed by atoms with Crippen LogP contribution in [0.3, 0.4) is 0 Å². The Kier molecular flexibility index (Phi) is 3.25. The number of benzene rings is 1. The van der Waals surface area contributed by atoms with Crippen LogP contribution in [0.2, 0.25) is 0 Å². The van der Waals surface area contributed by atoms with E-state index in [1.165, 1.54) is 44.0 Å². The number of imidazole rings is 1. The molecule has 112 valence electrons. The van der Waals surface area contributed by atoms with Gasteiger partial charge in [0.05, 0.1) is 0 Å². The van der Waals surface area contributed by atoms with E-state index >= 15 is 0 Å². The molecular formula is C17H19N5. The Balaban J connectivity index is 1.68. The molecule has 22 heavy (non-hydrogen) atoms. The van der Waals surface area contributed by atoms with Crippen molar-refractivity contribution in [1.29, 1.82) is 0 Å². The molecule has 2 heterocycles. The van der Waals surface area contributed by atoms with Crippen LogP contribution in [-0.4, -0.2) is 19.5 Å². The Bertz CT molecular complexity index is 784. The average molecular weight is 293 g/mol. The lowest BCUT2D eigenvalue weighted by Crippen LogP contribution is -2.04. The van der Waals surface area contributed by atoms with Crippen LogP contribution >= 0.6 is 0 Å². The molecule has 1 fully saturated rings. The molecule has 0 bridgehead atoms. The first kappa shape index (κ1) is 13.2. The fourth-order valence-electron chi connectivity index (χ4n) is 3.38. The minimum atomic E-state index is 0.419. The number of hydrogen-bond donors (Lipinski definition) is 1. The third-order valence-electron chi connectivity index (χ3n) is 4.61. The molecule has 2 N–H and O–H groups in total. The summed E-state index contributed by atoms with van der Waals surface area (Å²) in [5.74, 6) is 1.14. The zero-order valence-corrected chi connectivity index (χ0v) is 12.4. The molecule has 0 saturated heterocycles. The van der Waals surface area contributed by atoms with Crippen molar-refractivity contribution in [3.63, 3.8) is 0 Å². The van der Waals surface area contributed by atoms with Crippen molar-refractivity contribution >= 4 is 17.0 Å². The SMILES string of the molecule is Nc1ncnc2c1ncn2-c1ccc(C2CCCCC2)cc1. The van der Waals surface area contributed by atoms with Crippen LogP contribution in [0.4, 0.5) is 5.82 Å². The summed E-state index contributed by atoms with van der Waals surface area (Å²) in [6.07, 6.45) is 9.96. The fraction of sp³-hybridized carbons (Fsp3) is 0.353. The van der Waals surface area contributed by atoms with Gasteiger partial charge in [-0.05, 0) is 36.5 Å². The van der Waals surface area contributed by atoms with Crippen LogP contribution in [0.25, 0.3) is 16.9 Å². The van der Waals surface area contributed by atoms with Gasteiger partial charge in [0.15, 0.2) is 17.0 Å². The van der Waals surface area contributed by atoms with E-state index in [0.717, 1.165) is 17.3 Å². The Hall–Kier alpha value is -2.43. The molecule has 0 atom stereocenters. The first-order valence-corrected chi connectivity index (χ1v) is 7.87. The molecule has 1 aliphatic rings. The quantitative estimate of drug-likeness (QED) is 0.785. The Morgan fingerprint density at radius 1 is 0.955 bits per heavy atom. The zero-order chi connectivity index (χ0) is 14.9. The van der Waals surface area contributed by atoms with Gasteiger partial charge in [0.1, 0.15) is 12.7 Å². The van der Waals surface area contributed by atoms with Gasteiger partial charge in [-0.25, -0.2) is 15.0 Å². The summed E-state index contributed by atoms with van der Waals surface area (Å²) in [5.41, 5.74) is 9.74. The molecule has 0 radical (unpaired) electrons. The van der Waals surface area contributed by atoms with Gasteiger partial charge in [-0.2, -0.15) is 0 Å². The van der Waals surface area contributed by atoms with Crippen molar-refractivity contribution in [3.05, 3.63) is 42.5 Å². The summed E-state index contributed by atoms with van der Waals surface area (Å²) in [5, 5.41) is 0. The Morgan fingerprint density at radius 2 is 1.73 bits per heavy atom. The number of aromatic nitrogens is 4. The molecule has 0 amide bonds. The number of nitrogens with zero attached hydrogens (tertiary/aromatic N) is 4. The second-order valence-corrected chi connectivity index (χ2v) is 5.97. The smallest absolute Gasteiger partial charge is 0.170 e. The molecule has 5 heteroatoms. The highest BCUT2D eigenvalue weighted by Crippen LogP contribution is 2.33. The number of nitrogens with two attached hydrogens (primary N) is 1. The lowest BCUT2D eigenvalue weighted by Gasteiger charge is -2.22. The van der Waals surface area contributed by atoms with E-state index in [2.05, 4.69) is 39.2 Å². The highest BCUT2D eigenvalue weighted by molar-refractivity contribution is 5.82. The largest absolute Gasteiger partial charge is 0.382 e. The van der Waals surface area contributed by atoms with E-state index in [1.807, 2.05) is 4.57 Å². The molecule has 4 rings (SSSR count). The van der Waals surface area contributed by atoms with Gasteiger partial charge in [0, 0.05) is 5.69 Å². The highest BCUT2D eigenvalue weighted by Gasteiger charge is 2.15. The van der Waals surface area contributed by atoms with Crippen molar-refractivity contribution in [3.8, 4) is 5.69 Å². The maximum atomic E-state index is 5.84. The van der Waals surface area contributed by atoms with E-state index < -0.39 is 0 Å². The molecule has 0 aliphatic heterocycles. The van der Waals surface area contributed by atoms with Crippen LogP contribution in [-0.2, 0) is 0 Å². The minimum Gasteiger partial charge on any atom is -0.382 e. The third kappa shape index (κ3) is 2.22. The average Bonchev–Trinajstić information content (AvgIpc) is 3.01. The van der Waals surface area contributed by atoms with Gasteiger partial charge in [-0.15, -0.1) is 0 Å². The minimum absolute atomic E-state index is 0.419.